The molecule has 0 unspecified atom stereocenters. The van der Waals surface area contributed by atoms with Crippen LogP contribution in [0.15, 0.2) is 49.1 Å². The van der Waals surface area contributed by atoms with Gasteiger partial charge in [-0.1, -0.05) is 38.1 Å². The molecular formula is C21H25FO3. The number of hydrogen-bond acceptors (Lipinski definition) is 3. The minimum atomic E-state index is -0.382. The van der Waals surface area contributed by atoms with Gasteiger partial charge in [0.15, 0.2) is 0 Å². The molecule has 4 heteroatoms. The van der Waals surface area contributed by atoms with Crippen molar-refractivity contribution < 1.29 is 19.0 Å². The topological polar surface area (TPSA) is 38.7 Å². The minimum absolute atomic E-state index is 0.0984. The summed E-state index contributed by atoms with van der Waals surface area (Å²) in [5.74, 6) is 0.232. The normalized spacial score (nSPS) is 12.7. The molecule has 0 fully saturated rings. The third kappa shape index (κ3) is 3.91. The molecule has 0 heterocycles. The maximum atomic E-state index is 14.5. The molecule has 2 aromatic rings. The first-order chi connectivity index (χ1) is 11.9. The molecule has 0 aliphatic carbocycles. The molecule has 0 bridgehead atoms. The predicted octanol–water partition coefficient (Wildman–Crippen LogP) is 4.89. The average Bonchev–Trinajstić information content (AvgIpc) is 2.62. The van der Waals surface area contributed by atoms with Crippen LogP contribution >= 0.6 is 0 Å². The van der Waals surface area contributed by atoms with E-state index in [0.717, 1.165) is 11.1 Å². The van der Waals surface area contributed by atoms with Gasteiger partial charge >= 0.3 is 0 Å². The molecular weight excluding hydrogens is 319 g/mol. The fourth-order valence-corrected chi connectivity index (χ4v) is 2.95. The molecule has 0 amide bonds. The molecule has 134 valence electrons. The van der Waals surface area contributed by atoms with E-state index < -0.39 is 0 Å². The van der Waals surface area contributed by atoms with Crippen molar-refractivity contribution in [3.8, 4) is 16.9 Å². The van der Waals surface area contributed by atoms with Gasteiger partial charge in [0.05, 0.1) is 19.8 Å². The summed E-state index contributed by atoms with van der Waals surface area (Å²) in [5, 5.41) is 9.52. The van der Waals surface area contributed by atoms with Gasteiger partial charge in [0, 0.05) is 18.1 Å². The Kier molecular flexibility index (Phi) is 5.98. The lowest BCUT2D eigenvalue weighted by Crippen LogP contribution is -2.22. The van der Waals surface area contributed by atoms with Crippen LogP contribution in [0.2, 0.25) is 0 Å². The second kappa shape index (κ2) is 7.81. The number of halogens is 1. The summed E-state index contributed by atoms with van der Waals surface area (Å²) in [6.45, 7) is 7.81. The van der Waals surface area contributed by atoms with E-state index in [9.17, 15) is 9.50 Å². The maximum absolute atomic E-state index is 14.5. The first kappa shape index (κ1) is 19.2. The smallest absolute Gasteiger partial charge is 0.131 e. The van der Waals surface area contributed by atoms with Gasteiger partial charge in [-0.05, 0) is 34.9 Å². The van der Waals surface area contributed by atoms with Gasteiger partial charge in [-0.25, -0.2) is 4.39 Å². The second-order valence-electron chi connectivity index (χ2n) is 6.57. The molecule has 0 spiro atoms. The van der Waals surface area contributed by atoms with Crippen molar-refractivity contribution in [3.63, 3.8) is 0 Å². The first-order valence-electron chi connectivity index (χ1n) is 8.12. The van der Waals surface area contributed by atoms with Gasteiger partial charge in [0.2, 0.25) is 0 Å². The van der Waals surface area contributed by atoms with Gasteiger partial charge < -0.3 is 14.6 Å². The zero-order valence-corrected chi connectivity index (χ0v) is 15.2. The minimum Gasteiger partial charge on any atom is -0.497 e. The van der Waals surface area contributed by atoms with Crippen LogP contribution < -0.4 is 4.74 Å². The van der Waals surface area contributed by atoms with Gasteiger partial charge in [0.1, 0.15) is 11.6 Å². The first-order valence-corrected chi connectivity index (χ1v) is 8.12. The number of hydrogen-bond donors (Lipinski definition) is 1. The summed E-state index contributed by atoms with van der Waals surface area (Å²) in [5.41, 5.74) is 2.29. The summed E-state index contributed by atoms with van der Waals surface area (Å²) in [4.78, 5) is 0. The molecule has 1 atom stereocenters. The van der Waals surface area contributed by atoms with Crippen LogP contribution in [-0.4, -0.2) is 19.3 Å². The second-order valence-corrected chi connectivity index (χ2v) is 6.57. The largest absolute Gasteiger partial charge is 0.497 e. The Labute approximate surface area is 148 Å². The highest BCUT2D eigenvalue weighted by Gasteiger charge is 2.31. The molecule has 0 aliphatic heterocycles. The predicted molar refractivity (Wildman–Crippen MR) is 98.0 cm³/mol. The molecule has 3 nitrogen and oxygen atoms in total. The third-order valence-corrected chi connectivity index (χ3v) is 4.48. The number of aliphatic hydroxyl groups is 1. The summed E-state index contributed by atoms with van der Waals surface area (Å²) in [6.07, 6.45) is 1.47. The molecule has 2 aromatic carbocycles. The zero-order chi connectivity index (χ0) is 18.6. The lowest BCUT2D eigenvalue weighted by Gasteiger charge is -2.32. The Balaban J connectivity index is 2.73. The van der Waals surface area contributed by atoms with Crippen molar-refractivity contribution in [1.29, 1.82) is 0 Å². The summed E-state index contributed by atoms with van der Waals surface area (Å²) in [7, 11) is 3.17. The van der Waals surface area contributed by atoms with Crippen molar-refractivity contribution in [3.05, 3.63) is 66.0 Å². The van der Waals surface area contributed by atoms with Crippen LogP contribution in [-0.2, 0) is 11.3 Å². The van der Waals surface area contributed by atoms with Crippen LogP contribution in [0.3, 0.4) is 0 Å². The monoisotopic (exact) mass is 344 g/mol. The van der Waals surface area contributed by atoms with Gasteiger partial charge in [-0.3, -0.25) is 0 Å². The average molecular weight is 344 g/mol. The third-order valence-electron chi connectivity index (χ3n) is 4.48. The van der Waals surface area contributed by atoms with E-state index in [2.05, 4.69) is 6.58 Å². The van der Waals surface area contributed by atoms with Gasteiger partial charge in [-0.2, -0.15) is 0 Å². The van der Waals surface area contributed by atoms with Crippen LogP contribution in [0.1, 0.15) is 31.1 Å². The van der Waals surface area contributed by atoms with E-state index in [1.807, 2.05) is 32.1 Å². The molecule has 0 radical (unpaired) electrons. The highest BCUT2D eigenvalue weighted by atomic mass is 19.1. The number of rotatable bonds is 7. The summed E-state index contributed by atoms with van der Waals surface area (Å²) >= 11 is 0. The zero-order valence-electron chi connectivity index (χ0n) is 15.2. The van der Waals surface area contributed by atoms with Crippen LogP contribution in [0.25, 0.3) is 11.1 Å². The Hall–Kier alpha value is -2.17. The summed E-state index contributed by atoms with van der Waals surface area (Å²) < 4.78 is 25.5. The Morgan fingerprint density at radius 3 is 2.44 bits per heavy atom. The molecule has 1 N–H and O–H groups in total. The van der Waals surface area contributed by atoms with Crippen molar-refractivity contribution in [2.75, 3.05) is 14.2 Å². The quantitative estimate of drug-likeness (QED) is 0.727. The number of ether oxygens (including phenoxy) is 2. The van der Waals surface area contributed by atoms with Crippen molar-refractivity contribution in [2.45, 2.75) is 26.6 Å². The van der Waals surface area contributed by atoms with E-state index in [1.54, 1.807) is 32.4 Å². The number of benzene rings is 2. The Morgan fingerprint density at radius 2 is 1.88 bits per heavy atom. The van der Waals surface area contributed by atoms with Crippen LogP contribution in [0.4, 0.5) is 4.39 Å². The van der Waals surface area contributed by atoms with E-state index in [-0.39, 0.29) is 23.9 Å². The van der Waals surface area contributed by atoms with Gasteiger partial charge in [-0.15, -0.1) is 6.58 Å². The SMILES string of the molecule is C=CC(C)(C)[C@H](OC)c1cc(CO)ccc1-c1cc(OC)ccc1F. The van der Waals surface area contributed by atoms with Crippen LogP contribution in [0.5, 0.6) is 5.75 Å². The van der Waals surface area contributed by atoms with E-state index in [0.29, 0.717) is 16.9 Å². The Bertz CT molecular complexity index is 753. The highest BCUT2D eigenvalue weighted by Crippen LogP contribution is 2.42. The number of methoxy groups -OCH3 is 2. The number of aliphatic hydroxyl groups excluding tert-OH is 1. The van der Waals surface area contributed by atoms with E-state index in [1.165, 1.54) is 6.07 Å². The van der Waals surface area contributed by atoms with E-state index in [4.69, 9.17) is 9.47 Å². The lowest BCUT2D eigenvalue weighted by molar-refractivity contribution is 0.0306. The molecule has 2 rings (SSSR count). The molecule has 0 saturated heterocycles. The maximum Gasteiger partial charge on any atom is 0.131 e. The van der Waals surface area contributed by atoms with Crippen molar-refractivity contribution in [2.24, 2.45) is 5.41 Å². The van der Waals surface area contributed by atoms with E-state index >= 15 is 0 Å². The molecule has 0 saturated carbocycles. The Morgan fingerprint density at radius 1 is 1.16 bits per heavy atom. The standard InChI is InChI=1S/C21H25FO3/c1-6-21(2,3)20(25-5)18-11-14(13-23)7-9-16(18)17-12-15(24-4)8-10-19(17)22/h6-12,20,23H,1,13H2,2-5H3/t20-/m1/s1. The fourth-order valence-electron chi connectivity index (χ4n) is 2.95. The fraction of sp³-hybridized carbons (Fsp3) is 0.333. The summed E-state index contributed by atoms with van der Waals surface area (Å²) in [6, 6.07) is 10.1. The van der Waals surface area contributed by atoms with Crippen LogP contribution in [0, 0.1) is 11.2 Å². The van der Waals surface area contributed by atoms with Gasteiger partial charge in [0.25, 0.3) is 0 Å². The molecule has 25 heavy (non-hydrogen) atoms. The van der Waals surface area contributed by atoms with Crippen molar-refractivity contribution >= 4 is 0 Å². The highest BCUT2D eigenvalue weighted by molar-refractivity contribution is 5.70. The lowest BCUT2D eigenvalue weighted by atomic mass is 9.79. The van der Waals surface area contributed by atoms with Crippen molar-refractivity contribution in [1.82, 2.24) is 0 Å². The molecule has 0 aliphatic rings. The molecule has 0 aromatic heterocycles.